The maximum Gasteiger partial charge on any atom is 0.321 e. The molecule has 1 aliphatic rings. The standard InChI is InChI=1S/C14H21N3O2S/c1-11(15-2)12-3-5-13(6-4-12)16-14(18)17-7-9-20(19)10-8-17/h3-6,11,15H,7-10H2,1-2H3,(H,16,18). The maximum atomic E-state index is 12.1. The van der Waals surface area contributed by atoms with Crippen LogP contribution in [0.3, 0.4) is 0 Å². The summed E-state index contributed by atoms with van der Waals surface area (Å²) in [5, 5.41) is 6.05. The summed E-state index contributed by atoms with van der Waals surface area (Å²) < 4.78 is 11.3. The largest absolute Gasteiger partial charge is 0.323 e. The predicted octanol–water partition coefficient (Wildman–Crippen LogP) is 1.56. The van der Waals surface area contributed by atoms with Gasteiger partial charge in [0.1, 0.15) is 0 Å². The highest BCUT2D eigenvalue weighted by Crippen LogP contribution is 2.16. The van der Waals surface area contributed by atoms with Crippen molar-refractivity contribution in [3.05, 3.63) is 29.8 Å². The Morgan fingerprint density at radius 1 is 1.25 bits per heavy atom. The Morgan fingerprint density at radius 2 is 1.85 bits per heavy atom. The summed E-state index contributed by atoms with van der Waals surface area (Å²) >= 11 is 0. The zero-order valence-electron chi connectivity index (χ0n) is 11.9. The first-order valence-electron chi connectivity index (χ1n) is 6.78. The van der Waals surface area contributed by atoms with Crippen LogP contribution in [0.5, 0.6) is 0 Å². The predicted molar refractivity (Wildman–Crippen MR) is 82.4 cm³/mol. The van der Waals surface area contributed by atoms with Crippen LogP contribution in [0.4, 0.5) is 10.5 Å². The second-order valence-corrected chi connectivity index (χ2v) is 6.59. The number of nitrogens with one attached hydrogen (secondary N) is 2. The first kappa shape index (κ1) is 15.0. The minimum absolute atomic E-state index is 0.115. The van der Waals surface area contributed by atoms with E-state index >= 15 is 0 Å². The Bertz CT molecular complexity index is 480. The first-order valence-corrected chi connectivity index (χ1v) is 8.27. The molecule has 2 amide bonds. The van der Waals surface area contributed by atoms with E-state index in [1.807, 2.05) is 31.3 Å². The Labute approximate surface area is 122 Å². The maximum absolute atomic E-state index is 12.1. The van der Waals surface area contributed by atoms with E-state index in [9.17, 15) is 9.00 Å². The topological polar surface area (TPSA) is 61.4 Å². The molecule has 5 nitrogen and oxygen atoms in total. The summed E-state index contributed by atoms with van der Waals surface area (Å²) in [5.74, 6) is 1.15. The van der Waals surface area contributed by atoms with E-state index in [2.05, 4.69) is 17.6 Å². The molecule has 0 saturated carbocycles. The van der Waals surface area contributed by atoms with E-state index in [0.717, 1.165) is 5.69 Å². The molecule has 1 saturated heterocycles. The second kappa shape index (κ2) is 6.85. The highest BCUT2D eigenvalue weighted by molar-refractivity contribution is 7.85. The van der Waals surface area contributed by atoms with Gasteiger partial charge in [-0.2, -0.15) is 0 Å². The van der Waals surface area contributed by atoms with E-state index in [-0.39, 0.29) is 12.1 Å². The van der Waals surface area contributed by atoms with Crippen LogP contribution in [0.15, 0.2) is 24.3 Å². The van der Waals surface area contributed by atoms with Crippen LogP contribution in [-0.2, 0) is 10.8 Å². The first-order chi connectivity index (χ1) is 9.60. The van der Waals surface area contributed by atoms with Gasteiger partial charge >= 0.3 is 6.03 Å². The monoisotopic (exact) mass is 295 g/mol. The molecule has 1 aromatic rings. The van der Waals surface area contributed by atoms with E-state index in [1.54, 1.807) is 4.90 Å². The van der Waals surface area contributed by atoms with Gasteiger partial charge in [0.05, 0.1) is 0 Å². The van der Waals surface area contributed by atoms with Crippen molar-refractivity contribution in [3.8, 4) is 0 Å². The van der Waals surface area contributed by atoms with Crippen LogP contribution in [0.25, 0.3) is 0 Å². The van der Waals surface area contributed by atoms with Gasteiger partial charge in [-0.3, -0.25) is 4.21 Å². The molecule has 0 spiro atoms. The van der Waals surface area contributed by atoms with Gasteiger partial charge < -0.3 is 15.5 Å². The van der Waals surface area contributed by atoms with Crippen molar-refractivity contribution in [2.24, 2.45) is 0 Å². The number of benzene rings is 1. The Kier molecular flexibility index (Phi) is 5.14. The van der Waals surface area contributed by atoms with Crippen LogP contribution in [0, 0.1) is 0 Å². The van der Waals surface area contributed by atoms with Crippen molar-refractivity contribution in [1.82, 2.24) is 10.2 Å². The fraction of sp³-hybridized carbons (Fsp3) is 0.500. The third-order valence-corrected chi connectivity index (χ3v) is 4.84. The van der Waals surface area contributed by atoms with Gasteiger partial charge in [-0.05, 0) is 31.7 Å². The molecule has 6 heteroatoms. The van der Waals surface area contributed by atoms with Gasteiger partial charge in [-0.15, -0.1) is 0 Å². The van der Waals surface area contributed by atoms with E-state index < -0.39 is 10.8 Å². The number of rotatable bonds is 3. The number of hydrogen-bond acceptors (Lipinski definition) is 3. The summed E-state index contributed by atoms with van der Waals surface area (Å²) in [7, 11) is 1.16. The molecule has 1 unspecified atom stereocenters. The molecule has 2 N–H and O–H groups in total. The lowest BCUT2D eigenvalue weighted by atomic mass is 10.1. The van der Waals surface area contributed by atoms with Crippen LogP contribution >= 0.6 is 0 Å². The molecular weight excluding hydrogens is 274 g/mol. The fourth-order valence-corrected chi connectivity index (χ4v) is 3.12. The van der Waals surface area contributed by atoms with Crippen molar-refractivity contribution in [3.63, 3.8) is 0 Å². The molecule has 0 radical (unpaired) electrons. The molecule has 1 atom stereocenters. The minimum Gasteiger partial charge on any atom is -0.323 e. The average Bonchev–Trinajstić information content (AvgIpc) is 2.48. The quantitative estimate of drug-likeness (QED) is 0.889. The molecular formula is C14H21N3O2S. The Balaban J connectivity index is 1.92. The average molecular weight is 295 g/mol. The second-order valence-electron chi connectivity index (χ2n) is 4.90. The Hall–Kier alpha value is -1.40. The number of carbonyl (C=O) groups excluding carboxylic acids is 1. The van der Waals surface area contributed by atoms with Gasteiger partial charge in [-0.25, -0.2) is 4.79 Å². The summed E-state index contributed by atoms with van der Waals surface area (Å²) in [4.78, 5) is 13.8. The minimum atomic E-state index is -0.762. The fourth-order valence-electron chi connectivity index (χ4n) is 2.07. The summed E-state index contributed by atoms with van der Waals surface area (Å²) in [6.07, 6.45) is 0. The summed E-state index contributed by atoms with van der Waals surface area (Å²) in [5.41, 5.74) is 1.97. The zero-order valence-corrected chi connectivity index (χ0v) is 12.7. The third kappa shape index (κ3) is 3.80. The van der Waals surface area contributed by atoms with Gasteiger partial charge in [0, 0.05) is 47.1 Å². The van der Waals surface area contributed by atoms with Crippen molar-refractivity contribution in [2.75, 3.05) is 37.0 Å². The van der Waals surface area contributed by atoms with Gasteiger partial charge in [0.2, 0.25) is 0 Å². The smallest absolute Gasteiger partial charge is 0.321 e. The molecule has 0 aliphatic carbocycles. The van der Waals surface area contributed by atoms with Gasteiger partial charge in [0.25, 0.3) is 0 Å². The highest BCUT2D eigenvalue weighted by Gasteiger charge is 2.19. The van der Waals surface area contributed by atoms with Crippen molar-refractivity contribution < 1.29 is 9.00 Å². The number of amides is 2. The number of hydrogen-bond donors (Lipinski definition) is 2. The molecule has 1 aromatic carbocycles. The molecule has 2 rings (SSSR count). The van der Waals surface area contributed by atoms with Crippen molar-refractivity contribution >= 4 is 22.5 Å². The van der Waals surface area contributed by atoms with E-state index in [4.69, 9.17) is 0 Å². The molecule has 0 aromatic heterocycles. The number of anilines is 1. The molecule has 1 heterocycles. The molecule has 1 aliphatic heterocycles. The molecule has 1 fully saturated rings. The van der Waals surface area contributed by atoms with Crippen LogP contribution in [0.1, 0.15) is 18.5 Å². The van der Waals surface area contributed by atoms with Crippen LogP contribution < -0.4 is 10.6 Å². The highest BCUT2D eigenvalue weighted by atomic mass is 32.2. The Morgan fingerprint density at radius 3 is 2.40 bits per heavy atom. The van der Waals surface area contributed by atoms with Gasteiger partial charge in [0.15, 0.2) is 0 Å². The zero-order chi connectivity index (χ0) is 14.5. The van der Waals surface area contributed by atoms with Crippen molar-refractivity contribution in [2.45, 2.75) is 13.0 Å². The lowest BCUT2D eigenvalue weighted by Gasteiger charge is -2.26. The van der Waals surface area contributed by atoms with Gasteiger partial charge in [-0.1, -0.05) is 12.1 Å². The van der Waals surface area contributed by atoms with E-state index in [0.29, 0.717) is 24.6 Å². The third-order valence-electron chi connectivity index (χ3n) is 3.56. The van der Waals surface area contributed by atoms with E-state index in [1.165, 1.54) is 5.56 Å². The normalized spacial score (nSPS) is 17.8. The van der Waals surface area contributed by atoms with Crippen LogP contribution in [-0.4, -0.2) is 46.8 Å². The van der Waals surface area contributed by atoms with Crippen LogP contribution in [0.2, 0.25) is 0 Å². The number of nitrogens with zero attached hydrogens (tertiary/aromatic N) is 1. The lowest BCUT2D eigenvalue weighted by molar-refractivity contribution is 0.216. The van der Waals surface area contributed by atoms with Crippen molar-refractivity contribution in [1.29, 1.82) is 0 Å². The number of urea groups is 1. The lowest BCUT2D eigenvalue weighted by Crippen LogP contribution is -2.43. The molecule has 0 bridgehead atoms. The molecule has 20 heavy (non-hydrogen) atoms. The SMILES string of the molecule is CNC(C)c1ccc(NC(=O)N2CCS(=O)CC2)cc1. The summed E-state index contributed by atoms with van der Waals surface area (Å²) in [6.45, 7) is 3.21. The molecule has 110 valence electrons. The number of carbonyl (C=O) groups is 1. The summed E-state index contributed by atoms with van der Waals surface area (Å²) in [6, 6.07) is 7.99.